The molecule has 2 N–H and O–H groups in total. The number of anilines is 4. The van der Waals surface area contributed by atoms with Crippen molar-refractivity contribution in [2.45, 2.75) is 0 Å². The summed E-state index contributed by atoms with van der Waals surface area (Å²) in [5.41, 5.74) is 1.60. The van der Waals surface area contributed by atoms with Crippen molar-refractivity contribution < 1.29 is 9.53 Å². The standard InChI is InChI=1S/C21H23N7O2/c1-30-18-6-4-16(5-7-18)24-21(29)28-13-11-27(12-14-28)20-9-8-19(25-26-20)23-17-3-2-10-22-15-17/h2-10,15H,11-14H2,1H3,(H,23,25)(H,24,29). The van der Waals surface area contributed by atoms with Crippen molar-refractivity contribution in [3.05, 3.63) is 60.9 Å². The number of pyridine rings is 1. The molecule has 0 bridgehead atoms. The smallest absolute Gasteiger partial charge is 0.321 e. The summed E-state index contributed by atoms with van der Waals surface area (Å²) in [6.07, 6.45) is 3.45. The summed E-state index contributed by atoms with van der Waals surface area (Å²) in [5.74, 6) is 2.20. The predicted molar refractivity (Wildman–Crippen MR) is 115 cm³/mol. The predicted octanol–water partition coefficient (Wildman–Crippen LogP) is 2.98. The van der Waals surface area contributed by atoms with Gasteiger partial charge < -0.3 is 25.2 Å². The second-order valence-corrected chi connectivity index (χ2v) is 6.78. The monoisotopic (exact) mass is 405 g/mol. The van der Waals surface area contributed by atoms with Gasteiger partial charge >= 0.3 is 6.03 Å². The number of piperazine rings is 1. The van der Waals surface area contributed by atoms with Crippen molar-refractivity contribution >= 4 is 29.0 Å². The van der Waals surface area contributed by atoms with Crippen LogP contribution in [0.25, 0.3) is 0 Å². The summed E-state index contributed by atoms with van der Waals surface area (Å²) in [5, 5.41) is 14.6. The lowest BCUT2D eigenvalue weighted by Gasteiger charge is -2.35. The van der Waals surface area contributed by atoms with Crippen LogP contribution in [-0.4, -0.2) is 59.4 Å². The van der Waals surface area contributed by atoms with Crippen molar-refractivity contribution in [3.63, 3.8) is 0 Å². The maximum absolute atomic E-state index is 12.5. The molecule has 1 saturated heterocycles. The summed E-state index contributed by atoms with van der Waals surface area (Å²) in [4.78, 5) is 20.5. The SMILES string of the molecule is COc1ccc(NC(=O)N2CCN(c3ccc(Nc4cccnc4)nn3)CC2)cc1. The van der Waals surface area contributed by atoms with Gasteiger partial charge in [-0.25, -0.2) is 4.79 Å². The minimum absolute atomic E-state index is 0.109. The third kappa shape index (κ3) is 4.75. The second kappa shape index (κ2) is 9.08. The average Bonchev–Trinajstić information content (AvgIpc) is 2.81. The van der Waals surface area contributed by atoms with Crippen molar-refractivity contribution in [2.75, 3.05) is 48.8 Å². The molecule has 0 spiro atoms. The summed E-state index contributed by atoms with van der Waals surface area (Å²) >= 11 is 0. The molecule has 1 aliphatic rings. The molecular formula is C21H23N7O2. The lowest BCUT2D eigenvalue weighted by molar-refractivity contribution is 0.208. The normalized spacial score (nSPS) is 13.6. The van der Waals surface area contributed by atoms with Gasteiger partial charge in [-0.15, -0.1) is 10.2 Å². The van der Waals surface area contributed by atoms with Crippen molar-refractivity contribution in [3.8, 4) is 5.75 Å². The van der Waals surface area contributed by atoms with Gasteiger partial charge in [0.25, 0.3) is 0 Å². The highest BCUT2D eigenvalue weighted by Gasteiger charge is 2.22. The molecule has 2 amide bonds. The van der Waals surface area contributed by atoms with E-state index in [4.69, 9.17) is 4.74 Å². The molecule has 1 aliphatic heterocycles. The molecule has 3 aromatic rings. The van der Waals surface area contributed by atoms with Crippen LogP contribution in [0.15, 0.2) is 60.9 Å². The molecular weight excluding hydrogens is 382 g/mol. The van der Waals surface area contributed by atoms with Crippen molar-refractivity contribution in [1.82, 2.24) is 20.1 Å². The highest BCUT2D eigenvalue weighted by Crippen LogP contribution is 2.18. The quantitative estimate of drug-likeness (QED) is 0.674. The van der Waals surface area contributed by atoms with E-state index in [1.54, 1.807) is 24.4 Å². The molecule has 0 atom stereocenters. The van der Waals surface area contributed by atoms with Crippen LogP contribution in [0.1, 0.15) is 0 Å². The van der Waals surface area contributed by atoms with Crippen LogP contribution in [0.4, 0.5) is 27.8 Å². The molecule has 9 heteroatoms. The number of rotatable bonds is 5. The van der Waals surface area contributed by atoms with E-state index in [1.165, 1.54) is 0 Å². The minimum Gasteiger partial charge on any atom is -0.497 e. The van der Waals surface area contributed by atoms with E-state index in [0.717, 1.165) is 22.9 Å². The number of benzene rings is 1. The number of hydrogen-bond acceptors (Lipinski definition) is 7. The molecule has 9 nitrogen and oxygen atoms in total. The number of carbonyl (C=O) groups excluding carboxylic acids is 1. The van der Waals surface area contributed by atoms with Crippen LogP contribution in [0.5, 0.6) is 5.75 Å². The van der Waals surface area contributed by atoms with E-state index in [2.05, 4.69) is 30.7 Å². The number of methoxy groups -OCH3 is 1. The van der Waals surface area contributed by atoms with Gasteiger partial charge in [-0.1, -0.05) is 0 Å². The van der Waals surface area contributed by atoms with Crippen molar-refractivity contribution in [2.24, 2.45) is 0 Å². The van der Waals surface area contributed by atoms with Gasteiger partial charge in [0, 0.05) is 38.1 Å². The van der Waals surface area contributed by atoms with Crippen LogP contribution >= 0.6 is 0 Å². The van der Waals surface area contributed by atoms with Crippen LogP contribution in [0.3, 0.4) is 0 Å². The van der Waals surface area contributed by atoms with Gasteiger partial charge in [-0.2, -0.15) is 0 Å². The van der Waals surface area contributed by atoms with Gasteiger partial charge in [0.2, 0.25) is 0 Å². The second-order valence-electron chi connectivity index (χ2n) is 6.78. The Hall–Kier alpha value is -3.88. The first kappa shape index (κ1) is 19.4. The van der Waals surface area contributed by atoms with Gasteiger partial charge in [-0.05, 0) is 48.5 Å². The largest absolute Gasteiger partial charge is 0.497 e. The fraction of sp³-hybridized carbons (Fsp3) is 0.238. The number of aromatic nitrogens is 3. The first-order chi connectivity index (χ1) is 14.7. The Morgan fingerprint density at radius 2 is 1.77 bits per heavy atom. The summed E-state index contributed by atoms with van der Waals surface area (Å²) in [6, 6.07) is 14.8. The van der Waals surface area contributed by atoms with E-state index < -0.39 is 0 Å². The van der Waals surface area contributed by atoms with Crippen LogP contribution < -0.4 is 20.3 Å². The van der Waals surface area contributed by atoms with Crippen LogP contribution in [-0.2, 0) is 0 Å². The average molecular weight is 405 g/mol. The Bertz CT molecular complexity index is 957. The number of urea groups is 1. The summed E-state index contributed by atoms with van der Waals surface area (Å²) in [6.45, 7) is 2.61. The topological polar surface area (TPSA) is 95.5 Å². The number of nitrogens with one attached hydrogen (secondary N) is 2. The third-order valence-electron chi connectivity index (χ3n) is 4.82. The third-order valence-corrected chi connectivity index (χ3v) is 4.82. The number of ether oxygens (including phenoxy) is 1. The lowest BCUT2D eigenvalue weighted by Crippen LogP contribution is -2.50. The highest BCUT2D eigenvalue weighted by atomic mass is 16.5. The maximum atomic E-state index is 12.5. The molecule has 154 valence electrons. The molecule has 2 aromatic heterocycles. The zero-order valence-electron chi connectivity index (χ0n) is 16.7. The van der Waals surface area contributed by atoms with E-state index in [0.29, 0.717) is 32.0 Å². The fourth-order valence-corrected chi connectivity index (χ4v) is 3.16. The van der Waals surface area contributed by atoms with Gasteiger partial charge in [0.05, 0.1) is 19.0 Å². The Morgan fingerprint density at radius 1 is 0.967 bits per heavy atom. The zero-order valence-corrected chi connectivity index (χ0v) is 16.7. The van der Waals surface area contributed by atoms with E-state index in [-0.39, 0.29) is 6.03 Å². The van der Waals surface area contributed by atoms with E-state index in [1.807, 2.05) is 48.5 Å². The molecule has 30 heavy (non-hydrogen) atoms. The summed E-state index contributed by atoms with van der Waals surface area (Å²) < 4.78 is 5.13. The van der Waals surface area contributed by atoms with Crippen LogP contribution in [0.2, 0.25) is 0 Å². The van der Waals surface area contributed by atoms with E-state index in [9.17, 15) is 4.79 Å². The number of hydrogen-bond donors (Lipinski definition) is 2. The maximum Gasteiger partial charge on any atom is 0.321 e. The molecule has 0 radical (unpaired) electrons. The van der Waals surface area contributed by atoms with Crippen LogP contribution in [0, 0.1) is 0 Å². The fourth-order valence-electron chi connectivity index (χ4n) is 3.16. The van der Waals surface area contributed by atoms with Gasteiger partial charge in [-0.3, -0.25) is 4.98 Å². The Kier molecular flexibility index (Phi) is 5.88. The number of amides is 2. The lowest BCUT2D eigenvalue weighted by atomic mass is 10.3. The van der Waals surface area contributed by atoms with E-state index >= 15 is 0 Å². The molecule has 3 heterocycles. The number of carbonyl (C=O) groups is 1. The first-order valence-corrected chi connectivity index (χ1v) is 9.67. The molecule has 1 fully saturated rings. The number of nitrogens with zero attached hydrogens (tertiary/aromatic N) is 5. The molecule has 0 unspecified atom stereocenters. The zero-order chi connectivity index (χ0) is 20.8. The Balaban J connectivity index is 1.28. The van der Waals surface area contributed by atoms with Gasteiger partial charge in [0.15, 0.2) is 11.6 Å². The highest BCUT2D eigenvalue weighted by molar-refractivity contribution is 5.89. The first-order valence-electron chi connectivity index (χ1n) is 9.67. The molecule has 1 aromatic carbocycles. The molecule has 0 aliphatic carbocycles. The minimum atomic E-state index is -0.109. The van der Waals surface area contributed by atoms with Gasteiger partial charge in [0.1, 0.15) is 5.75 Å². The Labute approximate surface area is 174 Å². The molecule has 4 rings (SSSR count). The van der Waals surface area contributed by atoms with Crippen molar-refractivity contribution in [1.29, 1.82) is 0 Å². The Morgan fingerprint density at radius 3 is 2.40 bits per heavy atom. The summed E-state index contributed by atoms with van der Waals surface area (Å²) in [7, 11) is 1.61. The molecule has 0 saturated carbocycles.